The molecule has 1 aromatic carbocycles. The second kappa shape index (κ2) is 5.97. The van der Waals surface area contributed by atoms with Crippen LogP contribution in [0.5, 0.6) is 0 Å². The Hall–Kier alpha value is -2.15. The Kier molecular flexibility index (Phi) is 4.61. The Labute approximate surface area is 104 Å². The van der Waals surface area contributed by atoms with Crippen molar-refractivity contribution >= 4 is 17.5 Å². The van der Waals surface area contributed by atoms with E-state index in [0.29, 0.717) is 5.56 Å². The molecule has 7 heteroatoms. The van der Waals surface area contributed by atoms with Crippen LogP contribution in [-0.2, 0) is 16.1 Å². The minimum atomic E-state index is -0.597. The van der Waals surface area contributed by atoms with Gasteiger partial charge in [-0.15, -0.1) is 0 Å². The number of carbonyl (C=O) groups excluding carboxylic acids is 2. The van der Waals surface area contributed by atoms with Crippen LogP contribution >= 0.6 is 0 Å². The highest BCUT2D eigenvalue weighted by atomic mass is 19.1. The van der Waals surface area contributed by atoms with E-state index in [4.69, 9.17) is 17.2 Å². The molecule has 0 radical (unpaired) electrons. The third kappa shape index (κ3) is 4.79. The van der Waals surface area contributed by atoms with Gasteiger partial charge in [-0.3, -0.25) is 14.5 Å². The van der Waals surface area contributed by atoms with E-state index < -0.39 is 17.6 Å². The molecule has 6 nitrogen and oxygen atoms in total. The SMILES string of the molecule is NC(=O)CN(CC(N)=O)Cc1cc(N)cc(F)c1. The summed E-state index contributed by atoms with van der Waals surface area (Å²) in [6.07, 6.45) is 0. The number of hydrogen-bond acceptors (Lipinski definition) is 4. The van der Waals surface area contributed by atoms with E-state index in [2.05, 4.69) is 0 Å². The zero-order chi connectivity index (χ0) is 13.7. The number of carbonyl (C=O) groups is 2. The summed E-state index contributed by atoms with van der Waals surface area (Å²) in [5.41, 5.74) is 16.4. The summed E-state index contributed by atoms with van der Waals surface area (Å²) in [5.74, 6) is -1.68. The monoisotopic (exact) mass is 254 g/mol. The quantitative estimate of drug-likeness (QED) is 0.575. The second-order valence-electron chi connectivity index (χ2n) is 3.97. The summed E-state index contributed by atoms with van der Waals surface area (Å²) < 4.78 is 13.1. The van der Waals surface area contributed by atoms with Crippen LogP contribution in [0.3, 0.4) is 0 Å². The molecular weight excluding hydrogens is 239 g/mol. The van der Waals surface area contributed by atoms with Crippen LogP contribution in [0.1, 0.15) is 5.56 Å². The van der Waals surface area contributed by atoms with Gasteiger partial charge in [0.05, 0.1) is 13.1 Å². The lowest BCUT2D eigenvalue weighted by molar-refractivity contribution is -0.122. The molecule has 0 bridgehead atoms. The molecule has 0 fully saturated rings. The van der Waals surface area contributed by atoms with Crippen LogP contribution in [-0.4, -0.2) is 29.8 Å². The Bertz CT molecular complexity index is 428. The fraction of sp³-hybridized carbons (Fsp3) is 0.273. The van der Waals surface area contributed by atoms with E-state index >= 15 is 0 Å². The van der Waals surface area contributed by atoms with Crippen LogP contribution in [0, 0.1) is 5.82 Å². The van der Waals surface area contributed by atoms with Gasteiger partial charge < -0.3 is 17.2 Å². The average Bonchev–Trinajstić information content (AvgIpc) is 2.12. The summed E-state index contributed by atoms with van der Waals surface area (Å²) >= 11 is 0. The maximum absolute atomic E-state index is 13.1. The maximum atomic E-state index is 13.1. The van der Waals surface area contributed by atoms with Gasteiger partial charge in [-0.2, -0.15) is 0 Å². The summed E-state index contributed by atoms with van der Waals surface area (Å²) in [5, 5.41) is 0. The molecule has 0 saturated heterocycles. The van der Waals surface area contributed by atoms with Gasteiger partial charge >= 0.3 is 0 Å². The van der Waals surface area contributed by atoms with E-state index in [1.165, 1.54) is 17.0 Å². The highest BCUT2D eigenvalue weighted by Crippen LogP contribution is 2.12. The second-order valence-corrected chi connectivity index (χ2v) is 3.97. The summed E-state index contributed by atoms with van der Waals surface area (Å²) in [7, 11) is 0. The molecule has 1 aromatic rings. The Morgan fingerprint density at radius 1 is 1.11 bits per heavy atom. The number of rotatable bonds is 6. The number of benzene rings is 1. The number of nitrogens with zero attached hydrogens (tertiary/aromatic N) is 1. The van der Waals surface area contributed by atoms with Crippen molar-refractivity contribution in [3.63, 3.8) is 0 Å². The Morgan fingerprint density at radius 2 is 1.67 bits per heavy atom. The normalized spacial score (nSPS) is 10.6. The largest absolute Gasteiger partial charge is 0.399 e. The van der Waals surface area contributed by atoms with Gasteiger partial charge in [-0.1, -0.05) is 0 Å². The number of halogens is 1. The predicted octanol–water partition coefficient (Wildman–Crippen LogP) is -0.819. The van der Waals surface area contributed by atoms with Crippen LogP contribution in [0.25, 0.3) is 0 Å². The molecule has 2 amide bonds. The van der Waals surface area contributed by atoms with Crippen molar-refractivity contribution < 1.29 is 14.0 Å². The van der Waals surface area contributed by atoms with Crippen molar-refractivity contribution in [3.8, 4) is 0 Å². The topological polar surface area (TPSA) is 115 Å². The van der Waals surface area contributed by atoms with Crippen molar-refractivity contribution in [2.45, 2.75) is 6.54 Å². The van der Waals surface area contributed by atoms with Gasteiger partial charge in [0, 0.05) is 12.2 Å². The third-order valence-corrected chi connectivity index (χ3v) is 2.14. The molecule has 0 aliphatic heterocycles. The Morgan fingerprint density at radius 3 is 2.11 bits per heavy atom. The van der Waals surface area contributed by atoms with Gasteiger partial charge in [0.2, 0.25) is 11.8 Å². The fourth-order valence-electron chi connectivity index (χ4n) is 1.63. The Balaban J connectivity index is 2.80. The summed E-state index contributed by atoms with van der Waals surface area (Å²) in [6.45, 7) is -0.118. The molecule has 0 spiro atoms. The lowest BCUT2D eigenvalue weighted by Gasteiger charge is -2.19. The van der Waals surface area contributed by atoms with Gasteiger partial charge in [-0.25, -0.2) is 4.39 Å². The van der Waals surface area contributed by atoms with Crippen LogP contribution < -0.4 is 17.2 Å². The predicted molar refractivity (Wildman–Crippen MR) is 64.5 cm³/mol. The molecule has 18 heavy (non-hydrogen) atoms. The fourth-order valence-corrected chi connectivity index (χ4v) is 1.63. The first-order chi connectivity index (χ1) is 8.36. The highest BCUT2D eigenvalue weighted by Gasteiger charge is 2.12. The lowest BCUT2D eigenvalue weighted by Crippen LogP contribution is -2.39. The van der Waals surface area contributed by atoms with Crippen molar-refractivity contribution in [2.75, 3.05) is 18.8 Å². The first kappa shape index (κ1) is 13.9. The number of hydrogen-bond donors (Lipinski definition) is 3. The van der Waals surface area contributed by atoms with Gasteiger partial charge in [0.15, 0.2) is 0 Å². The van der Waals surface area contributed by atoms with Crippen molar-refractivity contribution in [3.05, 3.63) is 29.6 Å². The summed E-state index contributed by atoms with van der Waals surface area (Å²) in [6, 6.07) is 4.00. The standard InChI is InChI=1S/C11H15FN4O2/c12-8-1-7(2-9(13)3-8)4-16(5-10(14)17)6-11(15)18/h1-3H,4-6,13H2,(H2,14,17)(H2,15,18). The van der Waals surface area contributed by atoms with E-state index in [9.17, 15) is 14.0 Å². The van der Waals surface area contributed by atoms with E-state index in [1.54, 1.807) is 6.07 Å². The highest BCUT2D eigenvalue weighted by molar-refractivity contribution is 5.79. The van der Waals surface area contributed by atoms with Gasteiger partial charge in [-0.05, 0) is 23.8 Å². The molecule has 6 N–H and O–H groups in total. The zero-order valence-corrected chi connectivity index (χ0v) is 9.73. The van der Waals surface area contributed by atoms with Crippen molar-refractivity contribution in [1.82, 2.24) is 4.90 Å². The molecule has 0 heterocycles. The lowest BCUT2D eigenvalue weighted by atomic mass is 10.2. The van der Waals surface area contributed by atoms with Crippen LogP contribution in [0.15, 0.2) is 18.2 Å². The van der Waals surface area contributed by atoms with E-state index in [1.807, 2.05) is 0 Å². The number of nitrogens with two attached hydrogens (primary N) is 3. The first-order valence-electron chi connectivity index (χ1n) is 5.20. The molecular formula is C11H15FN4O2. The molecule has 98 valence electrons. The smallest absolute Gasteiger partial charge is 0.231 e. The number of anilines is 1. The minimum absolute atomic E-state index is 0.140. The number of amides is 2. The first-order valence-corrected chi connectivity index (χ1v) is 5.20. The van der Waals surface area contributed by atoms with E-state index in [-0.39, 0.29) is 25.3 Å². The maximum Gasteiger partial charge on any atom is 0.231 e. The number of primary amides is 2. The third-order valence-electron chi connectivity index (χ3n) is 2.14. The van der Waals surface area contributed by atoms with Crippen molar-refractivity contribution in [2.24, 2.45) is 11.5 Å². The van der Waals surface area contributed by atoms with Gasteiger partial charge in [0.25, 0.3) is 0 Å². The molecule has 0 saturated carbocycles. The molecule has 0 aliphatic carbocycles. The molecule has 0 atom stereocenters. The van der Waals surface area contributed by atoms with E-state index in [0.717, 1.165) is 0 Å². The number of nitrogen functional groups attached to an aromatic ring is 1. The zero-order valence-electron chi connectivity index (χ0n) is 9.73. The minimum Gasteiger partial charge on any atom is -0.399 e. The molecule has 0 aromatic heterocycles. The molecule has 0 aliphatic rings. The van der Waals surface area contributed by atoms with Crippen LogP contribution in [0.2, 0.25) is 0 Å². The van der Waals surface area contributed by atoms with Gasteiger partial charge in [0.1, 0.15) is 5.82 Å². The summed E-state index contributed by atoms with van der Waals surface area (Å²) in [4.78, 5) is 23.1. The molecule has 1 rings (SSSR count). The molecule has 0 unspecified atom stereocenters. The average molecular weight is 254 g/mol. The van der Waals surface area contributed by atoms with Crippen LogP contribution in [0.4, 0.5) is 10.1 Å². The van der Waals surface area contributed by atoms with Crippen molar-refractivity contribution in [1.29, 1.82) is 0 Å².